The molecule has 152 valence electrons. The van der Waals surface area contributed by atoms with Gasteiger partial charge in [-0.2, -0.15) is 0 Å². The smallest absolute Gasteiger partial charge is 0.194 e. The first kappa shape index (κ1) is 22.0. The zero-order valence-corrected chi connectivity index (χ0v) is 18.0. The molecule has 0 aromatic heterocycles. The van der Waals surface area contributed by atoms with Crippen molar-refractivity contribution in [2.45, 2.75) is 32.3 Å². The SMILES string of the molecule is CCNC(=NCCOc1ccc(Br)cc1)N1CCC(OCCCOC)CC1. The normalized spacial score (nSPS) is 15.8. The molecule has 1 fully saturated rings. The Morgan fingerprint density at radius 2 is 1.93 bits per heavy atom. The average molecular weight is 442 g/mol. The second-order valence-electron chi connectivity index (χ2n) is 6.44. The Hall–Kier alpha value is -1.31. The van der Waals surface area contributed by atoms with Gasteiger partial charge in [-0.3, -0.25) is 0 Å². The van der Waals surface area contributed by atoms with Gasteiger partial charge in [0.05, 0.1) is 12.6 Å². The van der Waals surface area contributed by atoms with Crippen molar-refractivity contribution in [2.24, 2.45) is 4.99 Å². The molecular formula is C20H32BrN3O3. The number of hydrogen-bond acceptors (Lipinski definition) is 4. The molecule has 2 rings (SSSR count). The third-order valence-electron chi connectivity index (χ3n) is 4.36. The van der Waals surface area contributed by atoms with Gasteiger partial charge in [-0.05, 0) is 50.5 Å². The number of guanidine groups is 1. The Labute approximate surface area is 171 Å². The van der Waals surface area contributed by atoms with Crippen molar-refractivity contribution in [1.29, 1.82) is 0 Å². The van der Waals surface area contributed by atoms with Gasteiger partial charge in [0.25, 0.3) is 0 Å². The lowest BCUT2D eigenvalue weighted by Gasteiger charge is -2.34. The number of halogens is 1. The molecule has 1 heterocycles. The van der Waals surface area contributed by atoms with Gasteiger partial charge in [0.15, 0.2) is 5.96 Å². The molecule has 1 aliphatic rings. The van der Waals surface area contributed by atoms with Gasteiger partial charge in [0.1, 0.15) is 12.4 Å². The Balaban J connectivity index is 1.72. The van der Waals surface area contributed by atoms with E-state index in [2.05, 4.69) is 33.1 Å². The van der Waals surface area contributed by atoms with Crippen molar-refractivity contribution in [3.8, 4) is 5.75 Å². The molecule has 0 bridgehead atoms. The van der Waals surface area contributed by atoms with E-state index in [9.17, 15) is 0 Å². The summed E-state index contributed by atoms with van der Waals surface area (Å²) in [6.07, 6.45) is 3.38. The monoisotopic (exact) mass is 441 g/mol. The van der Waals surface area contributed by atoms with Crippen molar-refractivity contribution in [1.82, 2.24) is 10.2 Å². The zero-order chi connectivity index (χ0) is 19.3. The van der Waals surface area contributed by atoms with Gasteiger partial charge in [-0.25, -0.2) is 4.99 Å². The van der Waals surface area contributed by atoms with Crippen LogP contribution in [0.1, 0.15) is 26.2 Å². The largest absolute Gasteiger partial charge is 0.492 e. The van der Waals surface area contributed by atoms with Crippen LogP contribution in [0.15, 0.2) is 33.7 Å². The fraction of sp³-hybridized carbons (Fsp3) is 0.650. The Morgan fingerprint density at radius 1 is 1.19 bits per heavy atom. The highest BCUT2D eigenvalue weighted by atomic mass is 79.9. The Kier molecular flexibility index (Phi) is 10.6. The van der Waals surface area contributed by atoms with Gasteiger partial charge in [-0.1, -0.05) is 15.9 Å². The van der Waals surface area contributed by atoms with Gasteiger partial charge < -0.3 is 24.4 Å². The van der Waals surface area contributed by atoms with Crippen LogP contribution in [0.2, 0.25) is 0 Å². The second-order valence-corrected chi connectivity index (χ2v) is 7.36. The van der Waals surface area contributed by atoms with Crippen LogP contribution in [-0.4, -0.2) is 70.1 Å². The first-order valence-electron chi connectivity index (χ1n) is 9.75. The minimum Gasteiger partial charge on any atom is -0.492 e. The van der Waals surface area contributed by atoms with E-state index in [0.29, 0.717) is 19.3 Å². The van der Waals surface area contributed by atoms with Gasteiger partial charge in [-0.15, -0.1) is 0 Å². The van der Waals surface area contributed by atoms with E-state index in [1.54, 1.807) is 7.11 Å². The molecule has 1 aliphatic heterocycles. The summed E-state index contributed by atoms with van der Waals surface area (Å²) in [5, 5.41) is 3.39. The predicted octanol–water partition coefficient (Wildman–Crippen LogP) is 3.31. The van der Waals surface area contributed by atoms with E-state index in [-0.39, 0.29) is 0 Å². The molecule has 0 saturated carbocycles. The number of ether oxygens (including phenoxy) is 3. The summed E-state index contributed by atoms with van der Waals surface area (Å²) in [5.74, 6) is 1.83. The number of benzene rings is 1. The van der Waals surface area contributed by atoms with Crippen LogP contribution < -0.4 is 10.1 Å². The topological polar surface area (TPSA) is 55.3 Å². The van der Waals surface area contributed by atoms with Crippen molar-refractivity contribution < 1.29 is 14.2 Å². The van der Waals surface area contributed by atoms with Crippen LogP contribution in [0.4, 0.5) is 0 Å². The maximum absolute atomic E-state index is 5.94. The average Bonchev–Trinajstić information content (AvgIpc) is 2.69. The molecule has 6 nitrogen and oxygen atoms in total. The molecule has 7 heteroatoms. The summed E-state index contributed by atoms with van der Waals surface area (Å²) in [4.78, 5) is 7.04. The lowest BCUT2D eigenvalue weighted by Crippen LogP contribution is -2.47. The number of rotatable bonds is 10. The van der Waals surface area contributed by atoms with Crippen LogP contribution >= 0.6 is 15.9 Å². The molecule has 1 aromatic rings. The van der Waals surface area contributed by atoms with Crippen LogP contribution in [0, 0.1) is 0 Å². The molecular weight excluding hydrogens is 410 g/mol. The first-order valence-corrected chi connectivity index (χ1v) is 10.5. The fourth-order valence-corrected chi connectivity index (χ4v) is 3.22. The highest BCUT2D eigenvalue weighted by Gasteiger charge is 2.21. The summed E-state index contributed by atoms with van der Waals surface area (Å²) in [5.41, 5.74) is 0. The molecule has 0 amide bonds. The third-order valence-corrected chi connectivity index (χ3v) is 4.89. The van der Waals surface area contributed by atoms with Crippen LogP contribution in [0.25, 0.3) is 0 Å². The van der Waals surface area contributed by atoms with E-state index < -0.39 is 0 Å². The van der Waals surface area contributed by atoms with Gasteiger partial charge >= 0.3 is 0 Å². The van der Waals surface area contributed by atoms with Crippen LogP contribution in [0.3, 0.4) is 0 Å². The number of aliphatic imine (C=N–C) groups is 1. The Morgan fingerprint density at radius 3 is 2.59 bits per heavy atom. The minimum atomic E-state index is 0.349. The van der Waals surface area contributed by atoms with E-state index in [4.69, 9.17) is 19.2 Å². The second kappa shape index (κ2) is 13.0. The van der Waals surface area contributed by atoms with Gasteiger partial charge in [0, 0.05) is 44.4 Å². The third kappa shape index (κ3) is 8.49. The van der Waals surface area contributed by atoms with Crippen molar-refractivity contribution in [3.05, 3.63) is 28.7 Å². The number of methoxy groups -OCH3 is 1. The summed E-state index contributed by atoms with van der Waals surface area (Å²) >= 11 is 3.43. The number of nitrogens with one attached hydrogen (secondary N) is 1. The molecule has 1 N–H and O–H groups in total. The molecule has 0 spiro atoms. The maximum Gasteiger partial charge on any atom is 0.194 e. The number of piperidine rings is 1. The van der Waals surface area contributed by atoms with Crippen molar-refractivity contribution in [2.75, 3.05) is 53.1 Å². The highest BCUT2D eigenvalue weighted by molar-refractivity contribution is 9.10. The summed E-state index contributed by atoms with van der Waals surface area (Å²) < 4.78 is 17.8. The first-order chi connectivity index (χ1) is 13.2. The minimum absolute atomic E-state index is 0.349. The molecule has 27 heavy (non-hydrogen) atoms. The zero-order valence-electron chi connectivity index (χ0n) is 16.5. The standard InChI is InChI=1S/C20H32BrN3O3/c1-3-22-20(23-11-16-27-18-7-5-17(21)6-8-18)24-12-9-19(10-13-24)26-15-4-14-25-2/h5-8,19H,3-4,9-16H2,1-2H3,(H,22,23). The molecule has 0 atom stereocenters. The quantitative estimate of drug-likeness (QED) is 0.342. The van der Waals surface area contributed by atoms with Crippen molar-refractivity contribution in [3.63, 3.8) is 0 Å². The number of nitrogens with zero attached hydrogens (tertiary/aromatic N) is 2. The lowest BCUT2D eigenvalue weighted by molar-refractivity contribution is 0.00990. The number of likely N-dealkylation sites (tertiary alicyclic amines) is 1. The van der Waals surface area contributed by atoms with Crippen LogP contribution in [0.5, 0.6) is 5.75 Å². The Bertz CT molecular complexity index is 546. The fourth-order valence-electron chi connectivity index (χ4n) is 2.96. The van der Waals surface area contributed by atoms with Gasteiger partial charge in [0.2, 0.25) is 0 Å². The maximum atomic E-state index is 5.94. The van der Waals surface area contributed by atoms with E-state index in [1.807, 2.05) is 24.3 Å². The molecule has 1 saturated heterocycles. The molecule has 0 radical (unpaired) electrons. The lowest BCUT2D eigenvalue weighted by atomic mass is 10.1. The molecule has 0 unspecified atom stereocenters. The number of hydrogen-bond donors (Lipinski definition) is 1. The molecule has 0 aliphatic carbocycles. The van der Waals surface area contributed by atoms with E-state index in [0.717, 1.165) is 68.3 Å². The highest BCUT2D eigenvalue weighted by Crippen LogP contribution is 2.16. The van der Waals surface area contributed by atoms with E-state index in [1.165, 1.54) is 0 Å². The summed E-state index contributed by atoms with van der Waals surface area (Å²) in [6.45, 7) is 7.63. The molecule has 1 aromatic carbocycles. The van der Waals surface area contributed by atoms with Crippen LogP contribution in [-0.2, 0) is 9.47 Å². The summed E-state index contributed by atoms with van der Waals surface area (Å²) in [7, 11) is 1.73. The predicted molar refractivity (Wildman–Crippen MR) is 113 cm³/mol. The van der Waals surface area contributed by atoms with E-state index >= 15 is 0 Å². The van der Waals surface area contributed by atoms with Crippen molar-refractivity contribution >= 4 is 21.9 Å². The summed E-state index contributed by atoms with van der Waals surface area (Å²) in [6, 6.07) is 7.86.